The minimum absolute atomic E-state index is 0.192. The number of hydrogen-bond donors (Lipinski definition) is 1. The highest BCUT2D eigenvalue weighted by Gasteiger charge is 2.12. The molecule has 0 radical (unpaired) electrons. The summed E-state index contributed by atoms with van der Waals surface area (Å²) in [6.45, 7) is 1.25. The molecule has 10 heteroatoms. The third-order valence-corrected chi connectivity index (χ3v) is 3.11. The zero-order chi connectivity index (χ0) is 16.4. The van der Waals surface area contributed by atoms with E-state index in [1.807, 2.05) is 0 Å². The van der Waals surface area contributed by atoms with Gasteiger partial charge in [-0.25, -0.2) is 14.5 Å². The smallest absolute Gasteiger partial charge is 0.393 e. The Morgan fingerprint density at radius 3 is 2.91 bits per heavy atom. The van der Waals surface area contributed by atoms with E-state index >= 15 is 0 Å². The summed E-state index contributed by atoms with van der Waals surface area (Å²) in [6, 6.07) is 4.97. The van der Waals surface area contributed by atoms with Crippen LogP contribution in [0.5, 0.6) is 0 Å². The Bertz CT molecular complexity index is 912. The van der Waals surface area contributed by atoms with Crippen molar-refractivity contribution in [2.24, 2.45) is 0 Å². The highest BCUT2D eigenvalue weighted by molar-refractivity contribution is 6.32. The van der Waals surface area contributed by atoms with E-state index in [0.29, 0.717) is 16.7 Å². The van der Waals surface area contributed by atoms with Crippen molar-refractivity contribution in [3.05, 3.63) is 52.1 Å². The molecule has 118 valence electrons. The molecule has 3 aromatic heterocycles. The lowest BCUT2D eigenvalue weighted by atomic mass is 10.4. The van der Waals surface area contributed by atoms with E-state index in [2.05, 4.69) is 20.5 Å². The van der Waals surface area contributed by atoms with Crippen molar-refractivity contribution in [1.82, 2.24) is 24.5 Å². The van der Waals surface area contributed by atoms with E-state index < -0.39 is 11.7 Å². The first kappa shape index (κ1) is 15.0. The molecule has 0 fully saturated rings. The number of aryl methyl sites for hydroxylation is 1. The van der Waals surface area contributed by atoms with Gasteiger partial charge in [0.05, 0.1) is 5.02 Å². The number of aromatic nitrogens is 5. The molecule has 0 spiro atoms. The van der Waals surface area contributed by atoms with E-state index in [9.17, 15) is 9.59 Å². The third-order valence-electron chi connectivity index (χ3n) is 2.81. The van der Waals surface area contributed by atoms with E-state index in [-0.39, 0.29) is 12.4 Å². The van der Waals surface area contributed by atoms with Crippen molar-refractivity contribution in [3.8, 4) is 5.82 Å². The maximum Gasteiger partial charge on any atom is 0.437 e. The molecule has 0 saturated heterocycles. The summed E-state index contributed by atoms with van der Waals surface area (Å²) < 4.78 is 7.08. The zero-order valence-corrected chi connectivity index (χ0v) is 12.7. The maximum atomic E-state index is 11.9. The molecule has 1 amide bonds. The molecule has 3 rings (SSSR count). The normalized spacial score (nSPS) is 10.7. The van der Waals surface area contributed by atoms with Crippen LogP contribution in [0, 0.1) is 6.92 Å². The molecule has 0 aliphatic carbocycles. The minimum atomic E-state index is -0.691. The Morgan fingerprint density at radius 2 is 2.22 bits per heavy atom. The quantitative estimate of drug-likeness (QED) is 0.763. The number of nitrogens with zero attached hydrogens (tertiary/aromatic N) is 5. The van der Waals surface area contributed by atoms with Gasteiger partial charge in [-0.1, -0.05) is 11.6 Å². The summed E-state index contributed by atoms with van der Waals surface area (Å²) >= 11 is 6.03. The second-order valence-corrected chi connectivity index (χ2v) is 4.95. The molecule has 0 unspecified atom stereocenters. The first-order valence-corrected chi connectivity index (χ1v) is 6.92. The highest BCUT2D eigenvalue weighted by atomic mass is 35.5. The van der Waals surface area contributed by atoms with Gasteiger partial charge in [0.25, 0.3) is 0 Å². The molecule has 0 aliphatic rings. The summed E-state index contributed by atoms with van der Waals surface area (Å²) in [6.07, 6.45) is 3.19. The molecule has 0 aliphatic heterocycles. The van der Waals surface area contributed by atoms with Gasteiger partial charge in [-0.3, -0.25) is 4.79 Å². The molecular formula is C13H11ClN6O3. The summed E-state index contributed by atoms with van der Waals surface area (Å²) in [5.74, 6) is -0.221. The van der Waals surface area contributed by atoms with Gasteiger partial charge < -0.3 is 9.73 Å². The van der Waals surface area contributed by atoms with Crippen LogP contribution < -0.4 is 11.1 Å². The fraction of sp³-hybridized carbons (Fsp3) is 0.154. The van der Waals surface area contributed by atoms with Crippen LogP contribution in [0.4, 0.5) is 5.82 Å². The van der Waals surface area contributed by atoms with Gasteiger partial charge in [-0.2, -0.15) is 4.68 Å². The van der Waals surface area contributed by atoms with Crippen LogP contribution in [0.3, 0.4) is 0 Å². The van der Waals surface area contributed by atoms with E-state index in [4.69, 9.17) is 16.0 Å². The van der Waals surface area contributed by atoms with Crippen LogP contribution in [0.25, 0.3) is 5.82 Å². The molecule has 0 aromatic carbocycles. The SMILES string of the molecule is Cc1nn(CC(=O)Nc2ccn(-c3ncccc3Cl)n2)c(=O)o1. The predicted molar refractivity (Wildman–Crippen MR) is 80.5 cm³/mol. The molecule has 3 aromatic rings. The van der Waals surface area contributed by atoms with Crippen LogP contribution in [-0.2, 0) is 11.3 Å². The molecular weight excluding hydrogens is 324 g/mol. The lowest BCUT2D eigenvalue weighted by molar-refractivity contribution is -0.117. The molecule has 0 atom stereocenters. The molecule has 0 bridgehead atoms. The average molecular weight is 335 g/mol. The number of halogens is 1. The van der Waals surface area contributed by atoms with Gasteiger partial charge in [0.15, 0.2) is 11.6 Å². The van der Waals surface area contributed by atoms with Gasteiger partial charge in [0, 0.05) is 25.4 Å². The van der Waals surface area contributed by atoms with Crippen molar-refractivity contribution in [1.29, 1.82) is 0 Å². The zero-order valence-electron chi connectivity index (χ0n) is 11.9. The Hall–Kier alpha value is -2.94. The first-order chi connectivity index (χ1) is 11.0. The standard InChI is InChI=1S/C13H11ClN6O3/c1-8-17-20(13(22)23-8)7-11(21)16-10-4-6-19(18-10)12-9(14)3-2-5-15-12/h2-6H,7H2,1H3,(H,16,18,21). The number of hydrogen-bond acceptors (Lipinski definition) is 6. The van der Waals surface area contributed by atoms with Crippen LogP contribution in [-0.4, -0.2) is 30.5 Å². The highest BCUT2D eigenvalue weighted by Crippen LogP contribution is 2.17. The molecule has 0 saturated carbocycles. The monoisotopic (exact) mass is 334 g/mol. The molecule has 23 heavy (non-hydrogen) atoms. The Labute approximate surface area is 134 Å². The topological polar surface area (TPSA) is 108 Å². The largest absolute Gasteiger partial charge is 0.437 e. The second kappa shape index (κ2) is 6.05. The Balaban J connectivity index is 1.72. The minimum Gasteiger partial charge on any atom is -0.393 e. The van der Waals surface area contributed by atoms with Crippen molar-refractivity contribution in [2.45, 2.75) is 13.5 Å². The Morgan fingerprint density at radius 1 is 1.39 bits per heavy atom. The molecule has 3 heterocycles. The fourth-order valence-electron chi connectivity index (χ4n) is 1.88. The summed E-state index contributed by atoms with van der Waals surface area (Å²) in [4.78, 5) is 27.4. The van der Waals surface area contributed by atoms with Gasteiger partial charge in [-0.05, 0) is 12.1 Å². The number of nitrogens with one attached hydrogen (secondary N) is 1. The first-order valence-electron chi connectivity index (χ1n) is 6.54. The number of carbonyl (C=O) groups excluding carboxylic acids is 1. The van der Waals surface area contributed by atoms with Crippen molar-refractivity contribution in [3.63, 3.8) is 0 Å². The fourth-order valence-corrected chi connectivity index (χ4v) is 2.09. The lowest BCUT2D eigenvalue weighted by Gasteiger charge is -2.03. The number of carbonyl (C=O) groups is 1. The van der Waals surface area contributed by atoms with Crippen LogP contribution in [0.1, 0.15) is 5.89 Å². The van der Waals surface area contributed by atoms with Crippen molar-refractivity contribution >= 4 is 23.3 Å². The number of anilines is 1. The summed E-state index contributed by atoms with van der Waals surface area (Å²) in [7, 11) is 0. The van der Waals surface area contributed by atoms with Gasteiger partial charge in [-0.15, -0.1) is 10.2 Å². The van der Waals surface area contributed by atoms with Crippen LogP contribution in [0.15, 0.2) is 39.8 Å². The second-order valence-electron chi connectivity index (χ2n) is 4.55. The predicted octanol–water partition coefficient (Wildman–Crippen LogP) is 1.02. The van der Waals surface area contributed by atoms with Gasteiger partial charge in [0.1, 0.15) is 6.54 Å². The average Bonchev–Trinajstić information content (AvgIpc) is 3.06. The van der Waals surface area contributed by atoms with Crippen LogP contribution in [0.2, 0.25) is 5.02 Å². The number of rotatable bonds is 4. The third kappa shape index (κ3) is 3.29. The summed E-state index contributed by atoms with van der Waals surface area (Å²) in [5, 5.41) is 10.9. The number of pyridine rings is 1. The maximum absolute atomic E-state index is 11.9. The van der Waals surface area contributed by atoms with E-state index in [1.165, 1.54) is 11.6 Å². The van der Waals surface area contributed by atoms with Crippen molar-refractivity contribution in [2.75, 3.05) is 5.32 Å². The molecule has 1 N–H and O–H groups in total. The van der Waals surface area contributed by atoms with Gasteiger partial charge >= 0.3 is 5.76 Å². The molecule has 9 nitrogen and oxygen atoms in total. The summed E-state index contributed by atoms with van der Waals surface area (Å²) in [5.41, 5.74) is 0. The van der Waals surface area contributed by atoms with E-state index in [0.717, 1.165) is 4.68 Å². The van der Waals surface area contributed by atoms with Crippen LogP contribution >= 0.6 is 11.6 Å². The number of amides is 1. The lowest BCUT2D eigenvalue weighted by Crippen LogP contribution is -2.26. The Kier molecular flexibility index (Phi) is 3.94. The van der Waals surface area contributed by atoms with E-state index in [1.54, 1.807) is 30.6 Å². The van der Waals surface area contributed by atoms with Gasteiger partial charge in [0.2, 0.25) is 11.8 Å². The van der Waals surface area contributed by atoms with Crippen molar-refractivity contribution < 1.29 is 9.21 Å².